The van der Waals surface area contributed by atoms with Crippen molar-refractivity contribution in [1.82, 2.24) is 14.8 Å². The third kappa shape index (κ3) is 4.53. The number of nitro benzene ring substituents is 1. The number of benzene rings is 3. The molecule has 0 saturated carbocycles. The highest BCUT2D eigenvalue weighted by Crippen LogP contribution is 2.37. The molecule has 0 aliphatic carbocycles. The van der Waals surface area contributed by atoms with Crippen molar-refractivity contribution in [2.45, 2.75) is 13.3 Å². The molecule has 0 N–H and O–H groups in total. The number of hydrogen-bond acceptors (Lipinski definition) is 7. The van der Waals surface area contributed by atoms with E-state index in [9.17, 15) is 10.1 Å². The molecule has 3 aromatic carbocycles. The van der Waals surface area contributed by atoms with E-state index in [-0.39, 0.29) is 56.6 Å². The SMILES string of the molecule is Cc1c(-c2nnc(Cc3ccc(Cl)c(Oc4cc(Cl)cc(C#N)c4)c3F)o2)n(C)c2ccc([N+](=O)[O-])cc12. The Balaban J connectivity index is 1.46. The summed E-state index contributed by atoms with van der Waals surface area (Å²) in [5.74, 6) is -0.492. The number of nitro groups is 1. The molecule has 2 aromatic heterocycles. The van der Waals surface area contributed by atoms with Crippen LogP contribution in [0.25, 0.3) is 22.5 Å². The molecule has 0 aliphatic rings. The van der Waals surface area contributed by atoms with E-state index in [0.717, 1.165) is 11.1 Å². The Morgan fingerprint density at radius 3 is 2.71 bits per heavy atom. The molecule has 0 amide bonds. The van der Waals surface area contributed by atoms with Crippen molar-refractivity contribution in [3.05, 3.63) is 97.1 Å². The smallest absolute Gasteiger partial charge is 0.270 e. The second-order valence-electron chi connectivity index (χ2n) is 8.41. The summed E-state index contributed by atoms with van der Waals surface area (Å²) in [5, 5.41) is 29.5. The number of hydrogen-bond donors (Lipinski definition) is 0. The lowest BCUT2D eigenvalue weighted by molar-refractivity contribution is -0.384. The highest BCUT2D eigenvalue weighted by Gasteiger charge is 2.22. The van der Waals surface area contributed by atoms with E-state index in [1.54, 1.807) is 24.6 Å². The quantitative estimate of drug-likeness (QED) is 0.162. The molecule has 0 unspecified atom stereocenters. The Labute approximate surface area is 224 Å². The van der Waals surface area contributed by atoms with Gasteiger partial charge in [-0.2, -0.15) is 5.26 Å². The van der Waals surface area contributed by atoms with Crippen molar-refractivity contribution in [3.8, 4) is 29.2 Å². The van der Waals surface area contributed by atoms with Crippen molar-refractivity contribution < 1.29 is 18.5 Å². The number of fused-ring (bicyclic) bond motifs is 1. The first-order valence-electron chi connectivity index (χ1n) is 11.1. The maximum absolute atomic E-state index is 15.4. The second-order valence-corrected chi connectivity index (χ2v) is 9.25. The molecule has 38 heavy (non-hydrogen) atoms. The van der Waals surface area contributed by atoms with Gasteiger partial charge in [0.2, 0.25) is 5.89 Å². The van der Waals surface area contributed by atoms with Gasteiger partial charge in [-0.05, 0) is 42.8 Å². The summed E-state index contributed by atoms with van der Waals surface area (Å²) in [6, 6.07) is 13.8. The summed E-state index contributed by atoms with van der Waals surface area (Å²) in [5.41, 5.74) is 2.49. The van der Waals surface area contributed by atoms with Crippen molar-refractivity contribution in [2.75, 3.05) is 0 Å². The Bertz CT molecular complexity index is 1790. The lowest BCUT2D eigenvalue weighted by Crippen LogP contribution is -1.98. The van der Waals surface area contributed by atoms with Crippen LogP contribution in [-0.4, -0.2) is 19.7 Å². The van der Waals surface area contributed by atoms with Gasteiger partial charge in [-0.3, -0.25) is 10.1 Å². The Morgan fingerprint density at radius 1 is 1.18 bits per heavy atom. The fourth-order valence-corrected chi connectivity index (χ4v) is 4.63. The van der Waals surface area contributed by atoms with Gasteiger partial charge in [-0.1, -0.05) is 29.3 Å². The molecule has 0 radical (unpaired) electrons. The zero-order valence-electron chi connectivity index (χ0n) is 19.8. The fraction of sp³-hybridized carbons (Fsp3) is 0.115. The van der Waals surface area contributed by atoms with Crippen molar-refractivity contribution in [3.63, 3.8) is 0 Å². The van der Waals surface area contributed by atoms with E-state index in [1.165, 1.54) is 42.5 Å². The molecule has 5 aromatic rings. The Hall–Kier alpha value is -4.46. The Kier molecular flexibility index (Phi) is 6.48. The second kappa shape index (κ2) is 9.78. The topological polar surface area (TPSA) is 120 Å². The van der Waals surface area contributed by atoms with Crippen molar-refractivity contribution in [1.29, 1.82) is 5.26 Å². The number of aromatic nitrogens is 3. The number of ether oxygens (including phenoxy) is 1. The average Bonchev–Trinajstić information content (AvgIpc) is 3.44. The normalized spacial score (nSPS) is 11.1. The summed E-state index contributed by atoms with van der Waals surface area (Å²) in [6.45, 7) is 1.81. The molecule has 0 bridgehead atoms. The molecule has 5 rings (SSSR count). The molecule has 0 saturated heterocycles. The maximum atomic E-state index is 15.4. The zero-order valence-corrected chi connectivity index (χ0v) is 21.3. The summed E-state index contributed by atoms with van der Waals surface area (Å²) in [6.07, 6.45) is -0.0557. The molecule has 2 heterocycles. The predicted molar refractivity (Wildman–Crippen MR) is 138 cm³/mol. The highest BCUT2D eigenvalue weighted by atomic mass is 35.5. The largest absolute Gasteiger partial charge is 0.453 e. The molecule has 12 heteroatoms. The van der Waals surface area contributed by atoms with Gasteiger partial charge in [-0.25, -0.2) is 4.39 Å². The van der Waals surface area contributed by atoms with Gasteiger partial charge in [-0.15, -0.1) is 10.2 Å². The summed E-state index contributed by atoms with van der Waals surface area (Å²) in [7, 11) is 1.79. The molecular formula is C26H16Cl2FN5O4. The molecule has 0 aliphatic heterocycles. The third-order valence-corrected chi connectivity index (χ3v) is 6.52. The van der Waals surface area contributed by atoms with E-state index in [0.29, 0.717) is 11.1 Å². The first-order chi connectivity index (χ1) is 18.2. The van der Waals surface area contributed by atoms with Gasteiger partial charge < -0.3 is 13.7 Å². The van der Waals surface area contributed by atoms with Crippen LogP contribution in [0, 0.1) is 34.2 Å². The van der Waals surface area contributed by atoms with Gasteiger partial charge in [0, 0.05) is 40.7 Å². The molecule has 0 atom stereocenters. The standard InChI is InChI=1S/C26H16Cl2FN5O4/c1-13-19-11-17(34(35)36)4-6-21(19)33(2)24(13)26-32-31-22(38-26)9-15-3-5-20(28)25(23(15)29)37-18-8-14(12-30)7-16(27)10-18/h3-8,10-11H,9H2,1-2H3. The van der Waals surface area contributed by atoms with Crippen LogP contribution >= 0.6 is 23.2 Å². The van der Waals surface area contributed by atoms with Crippen LogP contribution < -0.4 is 4.74 Å². The summed E-state index contributed by atoms with van der Waals surface area (Å²) >= 11 is 12.2. The van der Waals surface area contributed by atoms with Crippen LogP contribution in [0.4, 0.5) is 10.1 Å². The van der Waals surface area contributed by atoms with Gasteiger partial charge in [0.05, 0.1) is 28.0 Å². The van der Waals surface area contributed by atoms with Crippen LogP contribution in [0.2, 0.25) is 10.0 Å². The van der Waals surface area contributed by atoms with Crippen molar-refractivity contribution in [2.24, 2.45) is 7.05 Å². The van der Waals surface area contributed by atoms with Crippen LogP contribution in [-0.2, 0) is 13.5 Å². The van der Waals surface area contributed by atoms with Crippen molar-refractivity contribution >= 4 is 39.8 Å². The lowest BCUT2D eigenvalue weighted by Gasteiger charge is -2.12. The number of non-ortho nitro benzene ring substituents is 1. The molecule has 190 valence electrons. The number of nitriles is 1. The Morgan fingerprint density at radius 2 is 1.97 bits per heavy atom. The molecule has 0 spiro atoms. The minimum atomic E-state index is -0.733. The molecule has 9 nitrogen and oxygen atoms in total. The lowest BCUT2D eigenvalue weighted by atomic mass is 10.1. The average molecular weight is 552 g/mol. The van der Waals surface area contributed by atoms with Crippen LogP contribution in [0.5, 0.6) is 11.5 Å². The fourth-order valence-electron chi connectivity index (χ4n) is 4.22. The monoisotopic (exact) mass is 551 g/mol. The van der Waals surface area contributed by atoms with E-state index < -0.39 is 10.7 Å². The first-order valence-corrected chi connectivity index (χ1v) is 11.8. The van der Waals surface area contributed by atoms with E-state index in [1.807, 2.05) is 6.07 Å². The van der Waals surface area contributed by atoms with Gasteiger partial charge >= 0.3 is 0 Å². The third-order valence-electron chi connectivity index (χ3n) is 6.01. The number of rotatable bonds is 6. The summed E-state index contributed by atoms with van der Waals surface area (Å²) < 4.78 is 28.7. The molecule has 0 fully saturated rings. The van der Waals surface area contributed by atoms with Gasteiger partial charge in [0.1, 0.15) is 11.4 Å². The predicted octanol–water partition coefficient (Wildman–Crippen LogP) is 7.15. The van der Waals surface area contributed by atoms with Crippen LogP contribution in [0.3, 0.4) is 0 Å². The maximum Gasteiger partial charge on any atom is 0.270 e. The van der Waals surface area contributed by atoms with Crippen LogP contribution in [0.15, 0.2) is 52.9 Å². The van der Waals surface area contributed by atoms with E-state index >= 15 is 4.39 Å². The highest BCUT2D eigenvalue weighted by molar-refractivity contribution is 6.32. The van der Waals surface area contributed by atoms with E-state index in [4.69, 9.17) is 37.6 Å². The molecular weight excluding hydrogens is 536 g/mol. The number of nitrogens with zero attached hydrogens (tertiary/aromatic N) is 5. The first kappa shape index (κ1) is 25.2. The zero-order chi connectivity index (χ0) is 27.1. The summed E-state index contributed by atoms with van der Waals surface area (Å²) in [4.78, 5) is 10.7. The van der Waals surface area contributed by atoms with E-state index in [2.05, 4.69) is 10.2 Å². The number of halogens is 3. The van der Waals surface area contributed by atoms with Gasteiger partial charge in [0.25, 0.3) is 11.6 Å². The van der Waals surface area contributed by atoms with Gasteiger partial charge in [0.15, 0.2) is 11.6 Å². The minimum absolute atomic E-state index is 0.0242. The number of aryl methyl sites for hydroxylation is 2. The minimum Gasteiger partial charge on any atom is -0.453 e. The van der Waals surface area contributed by atoms with Crippen LogP contribution in [0.1, 0.15) is 22.6 Å².